The van der Waals surface area contributed by atoms with Crippen molar-refractivity contribution in [3.8, 4) is 5.75 Å². The average Bonchev–Trinajstić information content (AvgIpc) is 2.80. The van der Waals surface area contributed by atoms with E-state index in [0.717, 1.165) is 17.3 Å². The standard InChI is InChI=1S/C13H18BrNO2.ClH/c14-9-5-6-10(11(16)7-9)12(15)13(17)8-3-1-2-4-8;/h5-8,12-13,16-17H,1-4,15H2;1H/t12-,13+;/m1./s1. The quantitative estimate of drug-likeness (QED) is 0.794. The van der Waals surface area contributed by atoms with E-state index in [1.165, 1.54) is 12.8 Å². The van der Waals surface area contributed by atoms with Crippen LogP contribution in [-0.2, 0) is 0 Å². The SMILES string of the molecule is Cl.N[C@H](c1ccc(Br)cc1O)[C@@H](O)C1CCCC1. The first-order chi connectivity index (χ1) is 8.09. The van der Waals surface area contributed by atoms with Crippen LogP contribution in [0.4, 0.5) is 0 Å². The van der Waals surface area contributed by atoms with Crippen LogP contribution in [-0.4, -0.2) is 16.3 Å². The molecule has 2 rings (SSSR count). The van der Waals surface area contributed by atoms with Gasteiger partial charge in [0, 0.05) is 10.0 Å². The molecule has 0 amide bonds. The minimum absolute atomic E-state index is 0. The zero-order chi connectivity index (χ0) is 12.4. The van der Waals surface area contributed by atoms with Gasteiger partial charge in [-0.15, -0.1) is 12.4 Å². The van der Waals surface area contributed by atoms with Crippen molar-refractivity contribution >= 4 is 28.3 Å². The van der Waals surface area contributed by atoms with Gasteiger partial charge in [0.05, 0.1) is 12.1 Å². The van der Waals surface area contributed by atoms with Crippen LogP contribution in [0.25, 0.3) is 0 Å². The van der Waals surface area contributed by atoms with Gasteiger partial charge in [0.15, 0.2) is 0 Å². The molecule has 0 heterocycles. The maximum atomic E-state index is 10.2. The molecular weight excluding hydrogens is 318 g/mol. The van der Waals surface area contributed by atoms with Crippen molar-refractivity contribution < 1.29 is 10.2 Å². The Morgan fingerprint density at radius 2 is 1.89 bits per heavy atom. The number of benzene rings is 1. The Hall–Kier alpha value is -0.290. The summed E-state index contributed by atoms with van der Waals surface area (Å²) in [6.45, 7) is 0. The number of halogens is 2. The molecule has 1 aromatic carbocycles. The van der Waals surface area contributed by atoms with Crippen molar-refractivity contribution in [2.75, 3.05) is 0 Å². The second-order valence-electron chi connectivity index (χ2n) is 4.76. The summed E-state index contributed by atoms with van der Waals surface area (Å²) in [6.07, 6.45) is 3.84. The van der Waals surface area contributed by atoms with Crippen molar-refractivity contribution in [1.29, 1.82) is 0 Å². The third-order valence-electron chi connectivity index (χ3n) is 3.60. The minimum Gasteiger partial charge on any atom is -0.508 e. The summed E-state index contributed by atoms with van der Waals surface area (Å²) in [5.41, 5.74) is 6.66. The van der Waals surface area contributed by atoms with E-state index in [2.05, 4.69) is 15.9 Å². The van der Waals surface area contributed by atoms with Crippen molar-refractivity contribution in [2.45, 2.75) is 37.8 Å². The van der Waals surface area contributed by atoms with Gasteiger partial charge in [-0.05, 0) is 30.9 Å². The zero-order valence-electron chi connectivity index (χ0n) is 10.1. The fraction of sp³-hybridized carbons (Fsp3) is 0.538. The summed E-state index contributed by atoms with van der Waals surface area (Å²) in [5, 5.41) is 20.0. The molecule has 102 valence electrons. The molecule has 1 aliphatic rings. The number of hydrogen-bond donors (Lipinski definition) is 3. The maximum absolute atomic E-state index is 10.2. The molecule has 1 aliphatic carbocycles. The molecule has 0 unspecified atom stereocenters. The Morgan fingerprint density at radius 3 is 2.44 bits per heavy atom. The number of hydrogen-bond acceptors (Lipinski definition) is 3. The van der Waals surface area contributed by atoms with Gasteiger partial charge >= 0.3 is 0 Å². The highest BCUT2D eigenvalue weighted by Crippen LogP contribution is 2.35. The second kappa shape index (κ2) is 6.75. The summed E-state index contributed by atoms with van der Waals surface area (Å²) in [6, 6.07) is 4.70. The first kappa shape index (κ1) is 15.8. The van der Waals surface area contributed by atoms with E-state index in [1.807, 2.05) is 6.07 Å². The van der Waals surface area contributed by atoms with Gasteiger partial charge in [0.1, 0.15) is 5.75 Å². The summed E-state index contributed by atoms with van der Waals surface area (Å²) in [4.78, 5) is 0. The number of aliphatic hydroxyl groups is 1. The molecule has 0 bridgehead atoms. The van der Waals surface area contributed by atoms with Gasteiger partial charge in [0.2, 0.25) is 0 Å². The molecule has 4 N–H and O–H groups in total. The first-order valence-electron chi connectivity index (χ1n) is 6.01. The molecule has 0 aliphatic heterocycles. The third-order valence-corrected chi connectivity index (χ3v) is 4.10. The van der Waals surface area contributed by atoms with E-state index >= 15 is 0 Å². The van der Waals surface area contributed by atoms with Crippen LogP contribution in [0.5, 0.6) is 5.75 Å². The summed E-state index contributed by atoms with van der Waals surface area (Å²) < 4.78 is 0.807. The highest BCUT2D eigenvalue weighted by atomic mass is 79.9. The summed E-state index contributed by atoms with van der Waals surface area (Å²) in [7, 11) is 0. The first-order valence-corrected chi connectivity index (χ1v) is 6.81. The van der Waals surface area contributed by atoms with Crippen LogP contribution >= 0.6 is 28.3 Å². The van der Waals surface area contributed by atoms with E-state index in [0.29, 0.717) is 5.56 Å². The van der Waals surface area contributed by atoms with Crippen LogP contribution in [0, 0.1) is 5.92 Å². The Kier molecular flexibility index (Phi) is 5.92. The average molecular weight is 337 g/mol. The number of rotatable bonds is 3. The fourth-order valence-electron chi connectivity index (χ4n) is 2.57. The fourth-order valence-corrected chi connectivity index (χ4v) is 2.92. The highest BCUT2D eigenvalue weighted by Gasteiger charge is 2.29. The summed E-state index contributed by atoms with van der Waals surface area (Å²) >= 11 is 3.29. The smallest absolute Gasteiger partial charge is 0.121 e. The molecule has 18 heavy (non-hydrogen) atoms. The lowest BCUT2D eigenvalue weighted by Crippen LogP contribution is -2.31. The van der Waals surface area contributed by atoms with Crippen molar-refractivity contribution in [3.05, 3.63) is 28.2 Å². The molecule has 0 saturated heterocycles. The number of phenolic OH excluding ortho intramolecular Hbond substituents is 1. The number of aliphatic hydroxyl groups excluding tert-OH is 1. The van der Waals surface area contributed by atoms with Crippen LogP contribution in [0.3, 0.4) is 0 Å². The minimum atomic E-state index is -0.565. The number of aromatic hydroxyl groups is 1. The molecule has 0 aromatic heterocycles. The predicted octanol–water partition coefficient (Wildman–Crippen LogP) is 3.13. The summed E-state index contributed by atoms with van der Waals surface area (Å²) in [5.74, 6) is 0.414. The molecule has 3 nitrogen and oxygen atoms in total. The van der Waals surface area contributed by atoms with Gasteiger partial charge < -0.3 is 15.9 Å². The van der Waals surface area contributed by atoms with Gasteiger partial charge in [-0.2, -0.15) is 0 Å². The van der Waals surface area contributed by atoms with Crippen molar-refractivity contribution in [2.24, 2.45) is 11.7 Å². The number of phenols is 1. The molecule has 0 radical (unpaired) electrons. The predicted molar refractivity (Wildman–Crippen MR) is 77.9 cm³/mol. The van der Waals surface area contributed by atoms with E-state index in [-0.39, 0.29) is 24.1 Å². The lowest BCUT2D eigenvalue weighted by Gasteiger charge is -2.25. The Balaban J connectivity index is 0.00000162. The molecule has 1 fully saturated rings. The van der Waals surface area contributed by atoms with E-state index in [9.17, 15) is 10.2 Å². The molecule has 1 saturated carbocycles. The molecule has 5 heteroatoms. The topological polar surface area (TPSA) is 66.5 Å². The van der Waals surface area contributed by atoms with Crippen LogP contribution in [0.15, 0.2) is 22.7 Å². The van der Waals surface area contributed by atoms with E-state index < -0.39 is 12.1 Å². The van der Waals surface area contributed by atoms with E-state index in [1.54, 1.807) is 12.1 Å². The van der Waals surface area contributed by atoms with Crippen molar-refractivity contribution in [1.82, 2.24) is 0 Å². The Labute approximate surface area is 122 Å². The lowest BCUT2D eigenvalue weighted by atomic mass is 9.90. The Bertz CT molecular complexity index is 397. The van der Waals surface area contributed by atoms with Gasteiger partial charge in [-0.1, -0.05) is 34.8 Å². The monoisotopic (exact) mass is 335 g/mol. The van der Waals surface area contributed by atoms with Gasteiger partial charge in [0.25, 0.3) is 0 Å². The van der Waals surface area contributed by atoms with Gasteiger partial charge in [-0.3, -0.25) is 0 Å². The maximum Gasteiger partial charge on any atom is 0.121 e. The largest absolute Gasteiger partial charge is 0.508 e. The molecule has 1 aromatic rings. The number of nitrogens with two attached hydrogens (primary N) is 1. The normalized spacial score (nSPS) is 19.3. The van der Waals surface area contributed by atoms with Crippen LogP contribution in [0.2, 0.25) is 0 Å². The van der Waals surface area contributed by atoms with Crippen LogP contribution < -0.4 is 5.73 Å². The molecule has 2 atom stereocenters. The van der Waals surface area contributed by atoms with Crippen LogP contribution in [0.1, 0.15) is 37.3 Å². The third kappa shape index (κ3) is 3.38. The lowest BCUT2D eigenvalue weighted by molar-refractivity contribution is 0.0836. The second-order valence-corrected chi connectivity index (χ2v) is 5.68. The zero-order valence-corrected chi connectivity index (χ0v) is 12.5. The Morgan fingerprint density at radius 1 is 1.28 bits per heavy atom. The molecular formula is C13H19BrClNO2. The molecule has 0 spiro atoms. The van der Waals surface area contributed by atoms with E-state index in [4.69, 9.17) is 5.73 Å². The highest BCUT2D eigenvalue weighted by molar-refractivity contribution is 9.10. The van der Waals surface area contributed by atoms with Gasteiger partial charge in [-0.25, -0.2) is 0 Å². The van der Waals surface area contributed by atoms with Crippen molar-refractivity contribution in [3.63, 3.8) is 0 Å².